The molecule has 17 heteroatoms. The minimum Gasteiger partial charge on any atom is -1.00 e. The molecule has 0 aliphatic rings. The average molecular weight is 585 g/mol. The molecule has 0 rings (SSSR count). The summed E-state index contributed by atoms with van der Waals surface area (Å²) in [6.07, 6.45) is 12.2. The van der Waals surface area contributed by atoms with E-state index in [1.165, 1.54) is 25.7 Å². The number of carbonyl (C=O) groups is 1. The van der Waals surface area contributed by atoms with Crippen molar-refractivity contribution in [3.8, 4) is 0 Å². The molecule has 12 nitrogen and oxygen atoms in total. The fourth-order valence-electron chi connectivity index (χ4n) is 2.68. The summed E-state index contributed by atoms with van der Waals surface area (Å²) >= 11 is 0. The van der Waals surface area contributed by atoms with Gasteiger partial charge in [-0.25, -0.2) is 0 Å². The SMILES string of the molecule is CCCCCCCCC(O)C(O)CCCCCCCC(=O)O.O=S(=O)(O)O.O=S(=O)(O)O.[H-].[H-].[H-].[Na+].[Na+].[Na+]. The van der Waals surface area contributed by atoms with Crippen LogP contribution in [0.1, 0.15) is 101 Å². The first-order valence-corrected chi connectivity index (χ1v) is 13.3. The van der Waals surface area contributed by atoms with Crippen LogP contribution in [0.15, 0.2) is 0 Å². The van der Waals surface area contributed by atoms with Gasteiger partial charge in [-0.2, -0.15) is 16.8 Å². The molecule has 0 aromatic heterocycles. The molecule has 0 aromatic rings. The van der Waals surface area contributed by atoms with Crippen LogP contribution in [-0.2, 0) is 25.6 Å². The number of hydrogen-bond acceptors (Lipinski definition) is 7. The predicted molar refractivity (Wildman–Crippen MR) is 122 cm³/mol. The number of rotatable bonds is 16. The van der Waals surface area contributed by atoms with Gasteiger partial charge in [-0.05, 0) is 19.3 Å². The molecule has 35 heavy (non-hydrogen) atoms. The molecule has 0 saturated carbocycles. The third kappa shape index (κ3) is 72.3. The number of aliphatic carboxylic acids is 1. The van der Waals surface area contributed by atoms with Crippen LogP contribution in [0, 0.1) is 0 Å². The summed E-state index contributed by atoms with van der Waals surface area (Å²) in [4.78, 5) is 10.4. The molecule has 0 amide bonds. The van der Waals surface area contributed by atoms with Gasteiger partial charge in [0.2, 0.25) is 0 Å². The zero-order valence-electron chi connectivity index (χ0n) is 24.5. The molecule has 202 valence electrons. The monoisotopic (exact) mass is 584 g/mol. The van der Waals surface area contributed by atoms with E-state index in [4.69, 9.17) is 40.2 Å². The Kier molecular flexibility index (Phi) is 46.2. The van der Waals surface area contributed by atoms with Crippen LogP contribution in [0.5, 0.6) is 0 Å². The van der Waals surface area contributed by atoms with Gasteiger partial charge in [0.25, 0.3) is 0 Å². The van der Waals surface area contributed by atoms with Crippen LogP contribution < -0.4 is 88.7 Å². The molecular formula is C18H43Na3O12S2. The molecule has 0 fully saturated rings. The standard InChI is InChI=1S/C18H36O4.3Na.2H2O4S.3H/c1-2-3-4-5-7-10-13-16(19)17(20)14-11-8-6-9-12-15-18(21)22;;;;2*1-5(2,3)4;;;/h16-17,19-20H,2-15H2,1H3,(H,21,22);;;;2*(H2,1,2,3,4);;;/q;3*+1;;;3*-1. The van der Waals surface area contributed by atoms with E-state index >= 15 is 0 Å². The van der Waals surface area contributed by atoms with E-state index in [-0.39, 0.29) is 99.4 Å². The van der Waals surface area contributed by atoms with Crippen LogP contribution in [0.4, 0.5) is 0 Å². The smallest absolute Gasteiger partial charge is 1.00 e. The van der Waals surface area contributed by atoms with Crippen molar-refractivity contribution in [1.29, 1.82) is 0 Å². The summed E-state index contributed by atoms with van der Waals surface area (Å²) in [6.45, 7) is 2.20. The Bertz CT molecular complexity index is 618. The van der Waals surface area contributed by atoms with Crippen LogP contribution in [0.3, 0.4) is 0 Å². The first kappa shape index (κ1) is 50.0. The van der Waals surface area contributed by atoms with Gasteiger partial charge in [0.1, 0.15) is 0 Å². The third-order valence-electron chi connectivity index (χ3n) is 4.19. The summed E-state index contributed by atoms with van der Waals surface area (Å²) in [5, 5.41) is 28.3. The normalized spacial score (nSPS) is 12.1. The van der Waals surface area contributed by atoms with Crippen molar-refractivity contribution in [3.63, 3.8) is 0 Å². The van der Waals surface area contributed by atoms with Crippen molar-refractivity contribution in [3.05, 3.63) is 0 Å². The average Bonchev–Trinajstić information content (AvgIpc) is 2.60. The van der Waals surface area contributed by atoms with E-state index in [1.807, 2.05) is 0 Å². The molecule has 7 N–H and O–H groups in total. The number of carboxylic acid groups (broad SMARTS) is 1. The fourth-order valence-corrected chi connectivity index (χ4v) is 2.68. The fraction of sp³-hybridized carbons (Fsp3) is 0.944. The molecule has 2 atom stereocenters. The van der Waals surface area contributed by atoms with E-state index in [2.05, 4.69) is 6.92 Å². The first-order chi connectivity index (χ1) is 14.6. The molecule has 0 spiro atoms. The summed E-state index contributed by atoms with van der Waals surface area (Å²) in [5.41, 5.74) is 0. The van der Waals surface area contributed by atoms with Gasteiger partial charge in [-0.15, -0.1) is 0 Å². The second-order valence-corrected chi connectivity index (χ2v) is 9.08. The summed E-state index contributed by atoms with van der Waals surface area (Å²) in [7, 11) is -9.33. The van der Waals surface area contributed by atoms with Crippen molar-refractivity contribution < 1.29 is 148 Å². The zero-order chi connectivity index (χ0) is 25.6. The van der Waals surface area contributed by atoms with E-state index in [1.54, 1.807) is 0 Å². The topological polar surface area (TPSA) is 227 Å². The second-order valence-electron chi connectivity index (χ2n) is 7.29. The minimum atomic E-state index is -4.67. The molecule has 0 aliphatic heterocycles. The Morgan fingerprint density at radius 1 is 0.629 bits per heavy atom. The third-order valence-corrected chi connectivity index (χ3v) is 4.19. The van der Waals surface area contributed by atoms with E-state index < -0.39 is 39.0 Å². The largest absolute Gasteiger partial charge is 1.00 e. The van der Waals surface area contributed by atoms with E-state index in [0.717, 1.165) is 44.9 Å². The van der Waals surface area contributed by atoms with Crippen molar-refractivity contribution in [2.24, 2.45) is 0 Å². The molecule has 0 heterocycles. The number of aliphatic hydroxyl groups excluding tert-OH is 2. The van der Waals surface area contributed by atoms with Gasteiger partial charge in [0.05, 0.1) is 12.2 Å². The molecule has 0 aromatic carbocycles. The Labute approximate surface area is 280 Å². The Balaban J connectivity index is -0.0000000644. The number of aliphatic hydroxyl groups is 2. The molecule has 0 bridgehead atoms. The predicted octanol–water partition coefficient (Wildman–Crippen LogP) is -5.68. The van der Waals surface area contributed by atoms with Crippen molar-refractivity contribution in [2.75, 3.05) is 0 Å². The van der Waals surface area contributed by atoms with Gasteiger partial charge < -0.3 is 19.6 Å². The Hall–Kier alpha value is 2.13. The Morgan fingerprint density at radius 2 is 0.886 bits per heavy atom. The van der Waals surface area contributed by atoms with E-state index in [0.29, 0.717) is 12.8 Å². The van der Waals surface area contributed by atoms with Gasteiger partial charge in [0.15, 0.2) is 0 Å². The molecule has 0 aliphatic carbocycles. The summed E-state index contributed by atoms with van der Waals surface area (Å²) in [5.74, 6) is -0.728. The summed E-state index contributed by atoms with van der Waals surface area (Å²) < 4.78 is 63.2. The first-order valence-electron chi connectivity index (χ1n) is 10.6. The number of hydrogen-bond donors (Lipinski definition) is 7. The zero-order valence-corrected chi connectivity index (χ0v) is 29.2. The molecule has 2 unspecified atom stereocenters. The van der Waals surface area contributed by atoms with Gasteiger partial charge >= 0.3 is 115 Å². The number of unbranched alkanes of at least 4 members (excludes halogenated alkanes) is 9. The van der Waals surface area contributed by atoms with Gasteiger partial charge in [0, 0.05) is 6.42 Å². The molecular weight excluding hydrogens is 541 g/mol. The maximum atomic E-state index is 10.4. The summed E-state index contributed by atoms with van der Waals surface area (Å²) in [6, 6.07) is 0. The van der Waals surface area contributed by atoms with Crippen molar-refractivity contribution in [1.82, 2.24) is 0 Å². The van der Waals surface area contributed by atoms with E-state index in [9.17, 15) is 15.0 Å². The second kappa shape index (κ2) is 32.3. The van der Waals surface area contributed by atoms with Crippen molar-refractivity contribution in [2.45, 2.75) is 109 Å². The van der Waals surface area contributed by atoms with Crippen LogP contribution in [0.2, 0.25) is 0 Å². The van der Waals surface area contributed by atoms with Gasteiger partial charge in [-0.3, -0.25) is 23.0 Å². The molecule has 0 radical (unpaired) electrons. The van der Waals surface area contributed by atoms with Crippen molar-refractivity contribution >= 4 is 26.8 Å². The van der Waals surface area contributed by atoms with Crippen LogP contribution in [0.25, 0.3) is 0 Å². The van der Waals surface area contributed by atoms with Crippen LogP contribution >= 0.6 is 0 Å². The maximum Gasteiger partial charge on any atom is 1.00 e. The van der Waals surface area contributed by atoms with Crippen LogP contribution in [-0.4, -0.2) is 68.5 Å². The number of carboxylic acids is 1. The molecule has 0 saturated heterocycles. The van der Waals surface area contributed by atoms with Gasteiger partial charge in [-0.1, -0.05) is 71.1 Å². The quantitative estimate of drug-likeness (QED) is 0.0512. The Morgan fingerprint density at radius 3 is 1.17 bits per heavy atom. The minimum absolute atomic E-state index is 0. The maximum absolute atomic E-state index is 10.4.